The van der Waals surface area contributed by atoms with Crippen LogP contribution >= 0.6 is 0 Å². The molecule has 6 aliphatic rings. The highest BCUT2D eigenvalue weighted by atomic mass is 16.7. The molecule has 0 unspecified atom stereocenters. The fraction of sp³-hybridized carbons (Fsp3) is 1.00. The average molecular weight is 421 g/mol. The molecular weight excluding hydrogens is 380 g/mol. The maximum absolute atomic E-state index is 11.7. The number of hydrogen-bond donors (Lipinski definition) is 1. The third-order valence-corrected chi connectivity index (χ3v) is 10.9. The maximum atomic E-state index is 11.7. The molecule has 5 heteroatoms. The van der Waals surface area contributed by atoms with Gasteiger partial charge in [0, 0.05) is 18.8 Å². The summed E-state index contributed by atoms with van der Waals surface area (Å²) >= 11 is 0. The van der Waals surface area contributed by atoms with Gasteiger partial charge in [-0.2, -0.15) is 0 Å². The van der Waals surface area contributed by atoms with Crippen LogP contribution in [0, 0.1) is 40.4 Å². The molecule has 6 rings (SSSR count). The molecule has 4 saturated carbocycles. The van der Waals surface area contributed by atoms with Gasteiger partial charge in [0.2, 0.25) is 0 Å². The normalized spacial score (nSPS) is 54.0. The van der Waals surface area contributed by atoms with Crippen molar-refractivity contribution in [2.75, 3.05) is 26.4 Å². The largest absolute Gasteiger partial charge is 0.393 e. The minimum atomic E-state index is -0.467. The first-order valence-corrected chi connectivity index (χ1v) is 12.5. The second-order valence-electron chi connectivity index (χ2n) is 12.0. The van der Waals surface area contributed by atoms with Gasteiger partial charge in [-0.05, 0) is 80.0 Å². The van der Waals surface area contributed by atoms with Crippen LogP contribution in [0.15, 0.2) is 0 Å². The summed E-state index contributed by atoms with van der Waals surface area (Å²) in [6.45, 7) is 9.96. The first kappa shape index (κ1) is 20.4. The Hall–Kier alpha value is -0.200. The summed E-state index contributed by atoms with van der Waals surface area (Å²) in [5.41, 5.74) is 0.309. The molecule has 170 valence electrons. The Morgan fingerprint density at radius 1 is 0.733 bits per heavy atom. The first-order chi connectivity index (χ1) is 14.3. The molecule has 0 aromatic heterocycles. The van der Waals surface area contributed by atoms with Crippen LogP contribution in [0.1, 0.15) is 72.1 Å². The van der Waals surface area contributed by atoms with Crippen LogP contribution in [-0.4, -0.2) is 49.2 Å². The van der Waals surface area contributed by atoms with Crippen LogP contribution in [0.4, 0.5) is 0 Å². The van der Waals surface area contributed by atoms with E-state index >= 15 is 0 Å². The predicted molar refractivity (Wildman–Crippen MR) is 112 cm³/mol. The molecule has 30 heavy (non-hydrogen) atoms. The van der Waals surface area contributed by atoms with Crippen molar-refractivity contribution in [1.82, 2.24) is 0 Å². The minimum Gasteiger partial charge on any atom is -0.393 e. The summed E-state index contributed by atoms with van der Waals surface area (Å²) in [7, 11) is 0. The summed E-state index contributed by atoms with van der Waals surface area (Å²) in [4.78, 5) is 0. The Bertz CT molecular complexity index is 683. The first-order valence-electron chi connectivity index (χ1n) is 12.5. The third-order valence-electron chi connectivity index (χ3n) is 10.9. The van der Waals surface area contributed by atoms with E-state index in [9.17, 15) is 5.11 Å². The molecule has 6 fully saturated rings. The van der Waals surface area contributed by atoms with Gasteiger partial charge < -0.3 is 24.1 Å². The Morgan fingerprint density at radius 2 is 1.43 bits per heavy atom. The SMILES string of the molecule is CC1([C@H]2CC[C@H]3[C@@H]4CC[C@@H]5CC6(CC[C@]5(C)[C@H]4[C@H](O)C[C@]23C)OCCO6)OCCO1. The lowest BCUT2D eigenvalue weighted by Crippen LogP contribution is -2.61. The van der Waals surface area contributed by atoms with Gasteiger partial charge >= 0.3 is 0 Å². The van der Waals surface area contributed by atoms with Gasteiger partial charge in [0.05, 0.1) is 32.5 Å². The van der Waals surface area contributed by atoms with Crippen molar-refractivity contribution in [3.63, 3.8) is 0 Å². The number of aliphatic hydroxyl groups is 1. The Balaban J connectivity index is 1.28. The van der Waals surface area contributed by atoms with Gasteiger partial charge in [-0.25, -0.2) is 0 Å². The highest BCUT2D eigenvalue weighted by Crippen LogP contribution is 2.69. The molecule has 0 bridgehead atoms. The van der Waals surface area contributed by atoms with Gasteiger partial charge in [-0.15, -0.1) is 0 Å². The Morgan fingerprint density at radius 3 is 2.17 bits per heavy atom. The molecule has 2 heterocycles. The van der Waals surface area contributed by atoms with E-state index in [1.807, 2.05) is 0 Å². The van der Waals surface area contributed by atoms with E-state index in [4.69, 9.17) is 18.9 Å². The van der Waals surface area contributed by atoms with Crippen molar-refractivity contribution in [3.05, 3.63) is 0 Å². The van der Waals surface area contributed by atoms with E-state index < -0.39 is 5.79 Å². The van der Waals surface area contributed by atoms with E-state index in [2.05, 4.69) is 20.8 Å². The highest BCUT2D eigenvalue weighted by Gasteiger charge is 2.67. The molecule has 0 aromatic carbocycles. The Kier molecular flexibility index (Phi) is 4.53. The van der Waals surface area contributed by atoms with E-state index in [0.29, 0.717) is 42.8 Å². The molecule has 1 N–H and O–H groups in total. The van der Waals surface area contributed by atoms with E-state index in [-0.39, 0.29) is 22.7 Å². The molecule has 5 nitrogen and oxygen atoms in total. The third kappa shape index (κ3) is 2.65. The molecule has 1 spiro atoms. The quantitative estimate of drug-likeness (QED) is 0.691. The standard InChI is InChI=1S/C25H40O5/c1-22-8-9-25(29-12-13-30-25)14-16(22)4-5-17-18-6-7-20(24(3)27-10-11-28-24)23(18,2)15-19(26)21(17)22/h16-21,26H,4-15H2,1-3H3/t16-,17+,18+,19-,20+,21-,22+,23+/m1/s1. The van der Waals surface area contributed by atoms with E-state index in [1.165, 1.54) is 25.7 Å². The van der Waals surface area contributed by atoms with Crippen LogP contribution in [0.25, 0.3) is 0 Å². The van der Waals surface area contributed by atoms with Crippen LogP contribution < -0.4 is 0 Å². The van der Waals surface area contributed by atoms with Gasteiger partial charge in [0.1, 0.15) is 0 Å². The zero-order chi connectivity index (χ0) is 20.8. The second-order valence-corrected chi connectivity index (χ2v) is 12.0. The van der Waals surface area contributed by atoms with E-state index in [0.717, 1.165) is 38.9 Å². The number of ether oxygens (including phenoxy) is 4. The van der Waals surface area contributed by atoms with Gasteiger partial charge in [-0.3, -0.25) is 0 Å². The predicted octanol–water partition coefficient (Wildman–Crippen LogP) is 4.12. The fourth-order valence-electron chi connectivity index (χ4n) is 9.67. The second kappa shape index (κ2) is 6.66. The van der Waals surface area contributed by atoms with Crippen molar-refractivity contribution < 1.29 is 24.1 Å². The topological polar surface area (TPSA) is 57.2 Å². The molecule has 0 radical (unpaired) electrons. The Labute approximate surface area is 181 Å². The van der Waals surface area contributed by atoms with Crippen molar-refractivity contribution in [1.29, 1.82) is 0 Å². The maximum Gasteiger partial charge on any atom is 0.169 e. The lowest BCUT2D eigenvalue weighted by atomic mass is 9.43. The van der Waals surface area contributed by atoms with Crippen molar-refractivity contribution in [3.8, 4) is 0 Å². The van der Waals surface area contributed by atoms with Gasteiger partial charge in [-0.1, -0.05) is 13.8 Å². The number of fused-ring (bicyclic) bond motifs is 5. The summed E-state index contributed by atoms with van der Waals surface area (Å²) in [6, 6.07) is 0. The minimum absolute atomic E-state index is 0.108. The van der Waals surface area contributed by atoms with Crippen LogP contribution in [-0.2, 0) is 18.9 Å². The van der Waals surface area contributed by atoms with Crippen molar-refractivity contribution >= 4 is 0 Å². The van der Waals surface area contributed by atoms with Crippen LogP contribution in [0.3, 0.4) is 0 Å². The molecule has 4 aliphatic carbocycles. The van der Waals surface area contributed by atoms with Crippen molar-refractivity contribution in [2.24, 2.45) is 40.4 Å². The molecule has 0 amide bonds. The monoisotopic (exact) mass is 420 g/mol. The smallest absolute Gasteiger partial charge is 0.169 e. The number of aliphatic hydroxyl groups excluding tert-OH is 1. The molecule has 2 saturated heterocycles. The highest BCUT2D eigenvalue weighted by molar-refractivity contribution is 5.14. The summed E-state index contributed by atoms with van der Waals surface area (Å²) in [5.74, 6) is 1.89. The molecule has 2 aliphatic heterocycles. The zero-order valence-electron chi connectivity index (χ0n) is 19.0. The van der Waals surface area contributed by atoms with Crippen LogP contribution in [0.5, 0.6) is 0 Å². The van der Waals surface area contributed by atoms with Gasteiger partial charge in [0.25, 0.3) is 0 Å². The summed E-state index contributed by atoms with van der Waals surface area (Å²) in [6.07, 6.45) is 8.70. The number of rotatable bonds is 1. The zero-order valence-corrected chi connectivity index (χ0v) is 19.0. The van der Waals surface area contributed by atoms with E-state index in [1.54, 1.807) is 0 Å². The van der Waals surface area contributed by atoms with Crippen molar-refractivity contribution in [2.45, 2.75) is 89.8 Å². The lowest BCUT2D eigenvalue weighted by Gasteiger charge is -2.63. The summed E-state index contributed by atoms with van der Waals surface area (Å²) < 4.78 is 24.5. The lowest BCUT2D eigenvalue weighted by molar-refractivity contribution is -0.254. The fourth-order valence-corrected chi connectivity index (χ4v) is 9.67. The van der Waals surface area contributed by atoms with Gasteiger partial charge in [0.15, 0.2) is 11.6 Å². The molecule has 8 atom stereocenters. The number of hydrogen-bond acceptors (Lipinski definition) is 5. The molecule has 0 aromatic rings. The summed E-state index contributed by atoms with van der Waals surface area (Å²) in [5, 5.41) is 11.7. The van der Waals surface area contributed by atoms with Crippen LogP contribution in [0.2, 0.25) is 0 Å². The average Bonchev–Trinajstić information content (AvgIpc) is 3.41. The molecular formula is C25H40O5.